The summed E-state index contributed by atoms with van der Waals surface area (Å²) in [7, 11) is 1.48. The van der Waals surface area contributed by atoms with Crippen LogP contribution in [0.3, 0.4) is 0 Å². The number of carbonyl (C=O) groups excluding carboxylic acids is 1. The molecule has 1 heterocycles. The van der Waals surface area contributed by atoms with E-state index in [1.54, 1.807) is 12.1 Å². The molecule has 1 aliphatic heterocycles. The van der Waals surface area contributed by atoms with Crippen molar-refractivity contribution in [2.45, 2.75) is 26.8 Å². The third-order valence-electron chi connectivity index (χ3n) is 3.89. The van der Waals surface area contributed by atoms with E-state index in [9.17, 15) is 9.90 Å². The van der Waals surface area contributed by atoms with Crippen LogP contribution in [0.15, 0.2) is 27.9 Å². The van der Waals surface area contributed by atoms with Crippen molar-refractivity contribution in [2.24, 2.45) is 0 Å². The molecule has 23 heavy (non-hydrogen) atoms. The van der Waals surface area contributed by atoms with E-state index in [0.717, 1.165) is 10.2 Å². The minimum absolute atomic E-state index is 0.00695. The largest absolute Gasteiger partial charge is 0.504 e. The molecular weight excluding hydrogens is 380 g/mol. The lowest BCUT2D eigenvalue weighted by Gasteiger charge is -2.37. The molecule has 2 N–H and O–H groups in total. The number of phenolic OH excluding ortho intramolecular Hbond substituents is 1. The number of methoxy groups -OCH3 is 1. The Morgan fingerprint density at radius 3 is 2.70 bits per heavy atom. The van der Waals surface area contributed by atoms with Crippen LogP contribution in [-0.4, -0.2) is 34.6 Å². The average molecular weight is 399 g/mol. The van der Waals surface area contributed by atoms with E-state index < -0.39 is 6.04 Å². The Hall–Kier alpha value is -1.60. The maximum Gasteiger partial charge on any atom is 0.173 e. The lowest BCUT2D eigenvalue weighted by atomic mass is 9.91. The average Bonchev–Trinajstić information content (AvgIpc) is 2.48. The van der Waals surface area contributed by atoms with E-state index in [0.29, 0.717) is 28.5 Å². The fourth-order valence-corrected chi connectivity index (χ4v) is 3.66. The molecule has 0 bridgehead atoms. The number of halogens is 1. The van der Waals surface area contributed by atoms with E-state index in [2.05, 4.69) is 21.2 Å². The number of ketones is 1. The molecule has 1 aromatic carbocycles. The molecule has 1 aromatic rings. The monoisotopic (exact) mass is 398 g/mol. The number of nitrogens with zero attached hydrogens (tertiary/aromatic N) is 1. The Morgan fingerprint density at radius 1 is 1.52 bits per heavy atom. The second-order valence-corrected chi connectivity index (χ2v) is 6.53. The molecule has 0 amide bonds. The predicted molar refractivity (Wildman–Crippen MR) is 96.6 cm³/mol. The van der Waals surface area contributed by atoms with Crippen LogP contribution in [-0.2, 0) is 4.79 Å². The highest BCUT2D eigenvalue weighted by atomic mass is 79.9. The number of allylic oxidation sites excluding steroid dienone is 1. The lowest BCUT2D eigenvalue weighted by molar-refractivity contribution is -0.114. The maximum absolute atomic E-state index is 12.2. The van der Waals surface area contributed by atoms with Crippen molar-refractivity contribution in [2.75, 3.05) is 13.7 Å². The summed E-state index contributed by atoms with van der Waals surface area (Å²) in [6.45, 7) is 6.01. The first kappa shape index (κ1) is 17.7. The second-order valence-electron chi connectivity index (χ2n) is 5.23. The van der Waals surface area contributed by atoms with Crippen LogP contribution in [0, 0.1) is 0 Å². The number of hydrogen-bond acceptors (Lipinski definition) is 4. The van der Waals surface area contributed by atoms with Crippen molar-refractivity contribution in [3.8, 4) is 11.5 Å². The van der Waals surface area contributed by atoms with Crippen molar-refractivity contribution in [1.29, 1.82) is 0 Å². The zero-order valence-electron chi connectivity index (χ0n) is 13.4. The van der Waals surface area contributed by atoms with Gasteiger partial charge >= 0.3 is 0 Å². The topological polar surface area (TPSA) is 61.8 Å². The molecule has 0 aromatic heterocycles. The summed E-state index contributed by atoms with van der Waals surface area (Å²) < 4.78 is 5.94. The first-order valence-electron chi connectivity index (χ1n) is 7.17. The number of benzene rings is 1. The first-order valence-corrected chi connectivity index (χ1v) is 8.38. The highest BCUT2D eigenvalue weighted by molar-refractivity contribution is 9.10. The zero-order chi connectivity index (χ0) is 17.3. The van der Waals surface area contributed by atoms with Crippen molar-refractivity contribution in [3.63, 3.8) is 0 Å². The number of aromatic hydroxyl groups is 1. The number of phenols is 1. The SMILES string of the molecule is CCN1C(=S)NC(c2cc(Br)cc(OC)c2O)C(C(C)=O)=C1C. The first-order chi connectivity index (χ1) is 10.8. The van der Waals surface area contributed by atoms with Gasteiger partial charge in [0, 0.05) is 27.9 Å². The van der Waals surface area contributed by atoms with Gasteiger partial charge in [0.05, 0.1) is 13.2 Å². The van der Waals surface area contributed by atoms with Gasteiger partial charge in [-0.1, -0.05) is 15.9 Å². The van der Waals surface area contributed by atoms with Gasteiger partial charge in [-0.05, 0) is 45.1 Å². The number of thiocarbonyl (C=S) groups is 1. The Labute approximate surface area is 149 Å². The van der Waals surface area contributed by atoms with Crippen molar-refractivity contribution < 1.29 is 14.6 Å². The summed E-state index contributed by atoms with van der Waals surface area (Å²) in [4.78, 5) is 14.1. The van der Waals surface area contributed by atoms with E-state index in [1.165, 1.54) is 14.0 Å². The van der Waals surface area contributed by atoms with Crippen LogP contribution in [0.4, 0.5) is 0 Å². The van der Waals surface area contributed by atoms with Crippen LogP contribution in [0.2, 0.25) is 0 Å². The van der Waals surface area contributed by atoms with Gasteiger partial charge in [0.25, 0.3) is 0 Å². The molecule has 0 spiro atoms. The van der Waals surface area contributed by atoms with E-state index in [4.69, 9.17) is 17.0 Å². The van der Waals surface area contributed by atoms with Crippen molar-refractivity contribution in [3.05, 3.63) is 33.4 Å². The Bertz CT molecular complexity index is 703. The minimum atomic E-state index is -0.519. The third-order valence-corrected chi connectivity index (χ3v) is 4.69. The number of rotatable bonds is 4. The van der Waals surface area contributed by atoms with Crippen LogP contribution in [0.25, 0.3) is 0 Å². The summed E-state index contributed by atoms with van der Waals surface area (Å²) in [5.74, 6) is 0.257. The molecule has 1 unspecified atom stereocenters. The minimum Gasteiger partial charge on any atom is -0.504 e. The molecule has 0 saturated heterocycles. The van der Waals surface area contributed by atoms with Gasteiger partial charge in [-0.25, -0.2) is 0 Å². The quantitative estimate of drug-likeness (QED) is 0.758. The fourth-order valence-electron chi connectivity index (χ4n) is 2.82. The number of nitrogens with one attached hydrogen (secondary N) is 1. The Morgan fingerprint density at radius 2 is 2.17 bits per heavy atom. The molecule has 0 aliphatic carbocycles. The molecular formula is C16H19BrN2O3S. The number of carbonyl (C=O) groups is 1. The molecule has 1 aliphatic rings. The molecule has 124 valence electrons. The van der Waals surface area contributed by atoms with Gasteiger partial charge in [-0.15, -0.1) is 0 Å². The number of Topliss-reactive ketones (excluding diaryl/α,β-unsaturated/α-hetero) is 1. The Kier molecular flexibility index (Phi) is 5.31. The van der Waals surface area contributed by atoms with Crippen LogP contribution < -0.4 is 10.1 Å². The molecule has 1 atom stereocenters. The van der Waals surface area contributed by atoms with Gasteiger partial charge in [0.1, 0.15) is 0 Å². The molecule has 7 heteroatoms. The second kappa shape index (κ2) is 6.88. The summed E-state index contributed by atoms with van der Waals surface area (Å²) in [6, 6.07) is 2.91. The molecule has 0 saturated carbocycles. The van der Waals surface area contributed by atoms with E-state index in [1.807, 2.05) is 18.7 Å². The van der Waals surface area contributed by atoms with Crippen LogP contribution in [0.1, 0.15) is 32.4 Å². The fraction of sp³-hybridized carbons (Fsp3) is 0.375. The zero-order valence-corrected chi connectivity index (χ0v) is 15.8. The summed E-state index contributed by atoms with van der Waals surface area (Å²) in [5.41, 5.74) is 1.92. The standard InChI is InChI=1S/C16H19BrN2O3S/c1-5-19-8(2)13(9(3)20)14(18-16(19)23)11-6-10(17)7-12(22-4)15(11)21/h6-7,14,21H,5H2,1-4H3,(H,18,23). The molecule has 0 fully saturated rings. The van der Waals surface area contributed by atoms with Gasteiger partial charge in [-0.3, -0.25) is 4.79 Å². The molecule has 0 radical (unpaired) electrons. The summed E-state index contributed by atoms with van der Waals surface area (Å²) in [6.07, 6.45) is 0. The number of hydrogen-bond donors (Lipinski definition) is 2. The summed E-state index contributed by atoms with van der Waals surface area (Å²) >= 11 is 8.81. The smallest absolute Gasteiger partial charge is 0.173 e. The van der Waals surface area contributed by atoms with Crippen LogP contribution in [0.5, 0.6) is 11.5 Å². The summed E-state index contributed by atoms with van der Waals surface area (Å²) in [5, 5.41) is 14.2. The highest BCUT2D eigenvalue weighted by Gasteiger charge is 2.33. The van der Waals surface area contributed by atoms with Crippen molar-refractivity contribution >= 4 is 39.0 Å². The van der Waals surface area contributed by atoms with Gasteiger partial charge < -0.3 is 20.1 Å². The van der Waals surface area contributed by atoms with Gasteiger partial charge in [0.2, 0.25) is 0 Å². The van der Waals surface area contributed by atoms with Gasteiger partial charge in [-0.2, -0.15) is 0 Å². The Balaban J connectivity index is 2.67. The predicted octanol–water partition coefficient (Wildman–Crippen LogP) is 3.28. The third kappa shape index (κ3) is 3.21. The lowest BCUT2D eigenvalue weighted by Crippen LogP contribution is -2.47. The molecule has 2 rings (SSSR count). The van der Waals surface area contributed by atoms with E-state index >= 15 is 0 Å². The maximum atomic E-state index is 12.2. The number of ether oxygens (including phenoxy) is 1. The highest BCUT2D eigenvalue weighted by Crippen LogP contribution is 2.41. The van der Waals surface area contributed by atoms with Crippen molar-refractivity contribution in [1.82, 2.24) is 10.2 Å². The van der Waals surface area contributed by atoms with E-state index in [-0.39, 0.29) is 11.5 Å². The van der Waals surface area contributed by atoms with Crippen LogP contribution >= 0.6 is 28.1 Å². The van der Waals surface area contributed by atoms with Gasteiger partial charge in [0.15, 0.2) is 22.4 Å². The molecule has 5 nitrogen and oxygen atoms in total. The normalized spacial score (nSPS) is 18.0.